The zero-order valence-electron chi connectivity index (χ0n) is 25.4. The van der Waals surface area contributed by atoms with E-state index >= 15 is 0 Å². The van der Waals surface area contributed by atoms with Gasteiger partial charge in [-0.3, -0.25) is 4.79 Å². The molecule has 3 aromatic carbocycles. The van der Waals surface area contributed by atoms with E-state index in [4.69, 9.17) is 23.7 Å². The third-order valence-corrected chi connectivity index (χ3v) is 6.19. The van der Waals surface area contributed by atoms with Crippen molar-refractivity contribution in [1.29, 1.82) is 0 Å². The van der Waals surface area contributed by atoms with Crippen molar-refractivity contribution in [2.45, 2.75) is 26.2 Å². The molecule has 3 rings (SSSR count). The smallest absolute Gasteiger partial charge is 0.343 e. The van der Waals surface area contributed by atoms with E-state index in [2.05, 4.69) is 17.9 Å². The molecule has 0 radical (unpaired) electrons. The lowest BCUT2D eigenvalue weighted by molar-refractivity contribution is -0.144. The third-order valence-electron chi connectivity index (χ3n) is 6.19. The highest BCUT2D eigenvalue weighted by molar-refractivity contribution is 5.93. The minimum atomic E-state index is -0.627. The minimum absolute atomic E-state index is 0.0447. The fourth-order valence-electron chi connectivity index (χ4n) is 3.71. The molecule has 0 N–H and O–H groups in total. The molecule has 0 saturated heterocycles. The van der Waals surface area contributed by atoms with E-state index in [9.17, 15) is 19.2 Å². The SMILES string of the molecule is C=C(C)C(=O)OCCOc1ccc(-c2ccc(C(=O)Oc3ccc(OCCCCOC(=O)C(=C)CC(=O)OC)cc3)cc2)cc1. The Morgan fingerprint density at radius 2 is 1.13 bits per heavy atom. The topological polar surface area (TPSA) is 124 Å². The van der Waals surface area contributed by atoms with Gasteiger partial charge in [0, 0.05) is 11.1 Å². The number of hydrogen-bond donors (Lipinski definition) is 0. The minimum Gasteiger partial charge on any atom is -0.494 e. The summed E-state index contributed by atoms with van der Waals surface area (Å²) in [5.41, 5.74) is 2.64. The molecule has 45 heavy (non-hydrogen) atoms. The second kappa shape index (κ2) is 17.7. The summed E-state index contributed by atoms with van der Waals surface area (Å²) in [6, 6.07) is 21.2. The summed E-state index contributed by atoms with van der Waals surface area (Å²) in [5.74, 6) is -0.499. The second-order valence-corrected chi connectivity index (χ2v) is 9.78. The predicted molar refractivity (Wildman–Crippen MR) is 166 cm³/mol. The molecular weight excluding hydrogens is 580 g/mol. The van der Waals surface area contributed by atoms with Gasteiger partial charge in [-0.25, -0.2) is 14.4 Å². The van der Waals surface area contributed by atoms with E-state index in [1.54, 1.807) is 43.3 Å². The quantitative estimate of drug-likeness (QED) is 0.0596. The Morgan fingerprint density at radius 3 is 1.73 bits per heavy atom. The van der Waals surface area contributed by atoms with Crippen LogP contribution in [-0.2, 0) is 28.6 Å². The maximum atomic E-state index is 12.7. The Hall–Kier alpha value is -5.38. The fraction of sp³-hybridized carbons (Fsp3) is 0.257. The third kappa shape index (κ3) is 11.7. The average Bonchev–Trinajstić information content (AvgIpc) is 3.05. The van der Waals surface area contributed by atoms with Crippen molar-refractivity contribution in [3.8, 4) is 28.4 Å². The van der Waals surface area contributed by atoms with Gasteiger partial charge in [0.2, 0.25) is 0 Å². The molecule has 0 aromatic heterocycles. The number of unbranched alkanes of at least 4 members (excludes halogenated alkanes) is 1. The first kappa shape index (κ1) is 34.1. The molecule has 10 nitrogen and oxygen atoms in total. The van der Waals surface area contributed by atoms with Crippen LogP contribution in [0.25, 0.3) is 11.1 Å². The van der Waals surface area contributed by atoms with E-state index in [0.717, 1.165) is 11.1 Å². The summed E-state index contributed by atoms with van der Waals surface area (Å²) in [6.07, 6.45) is 1.00. The Bertz CT molecular complexity index is 1470. The van der Waals surface area contributed by atoms with E-state index in [1.807, 2.05) is 36.4 Å². The first-order valence-corrected chi connectivity index (χ1v) is 14.2. The molecule has 3 aromatic rings. The number of ether oxygens (including phenoxy) is 6. The van der Waals surface area contributed by atoms with E-state index in [1.165, 1.54) is 7.11 Å². The highest BCUT2D eigenvalue weighted by Crippen LogP contribution is 2.24. The normalized spacial score (nSPS) is 10.3. The monoisotopic (exact) mass is 616 g/mol. The Morgan fingerprint density at radius 1 is 0.622 bits per heavy atom. The van der Waals surface area contributed by atoms with Crippen LogP contribution in [0, 0.1) is 0 Å². The molecule has 0 unspecified atom stereocenters. The maximum absolute atomic E-state index is 12.7. The van der Waals surface area contributed by atoms with Crippen LogP contribution in [0.1, 0.15) is 36.5 Å². The largest absolute Gasteiger partial charge is 0.494 e. The van der Waals surface area contributed by atoms with Crippen LogP contribution in [0.2, 0.25) is 0 Å². The molecule has 0 saturated carbocycles. The molecule has 0 fully saturated rings. The number of carbonyl (C=O) groups excluding carboxylic acids is 4. The Balaban J connectivity index is 1.37. The van der Waals surface area contributed by atoms with Crippen LogP contribution in [0.15, 0.2) is 97.1 Å². The lowest BCUT2D eigenvalue weighted by atomic mass is 10.0. The van der Waals surface area contributed by atoms with Gasteiger partial charge < -0.3 is 28.4 Å². The Labute approximate surface area is 262 Å². The molecule has 0 amide bonds. The zero-order valence-corrected chi connectivity index (χ0v) is 25.4. The first-order valence-electron chi connectivity index (χ1n) is 14.2. The lowest BCUT2D eigenvalue weighted by Crippen LogP contribution is -2.13. The van der Waals surface area contributed by atoms with Crippen LogP contribution in [0.4, 0.5) is 0 Å². The summed E-state index contributed by atoms with van der Waals surface area (Å²) >= 11 is 0. The molecule has 10 heteroatoms. The van der Waals surface area contributed by atoms with Gasteiger partial charge in [-0.1, -0.05) is 37.4 Å². The summed E-state index contributed by atoms with van der Waals surface area (Å²) < 4.78 is 31.4. The van der Waals surface area contributed by atoms with Crippen LogP contribution >= 0.6 is 0 Å². The summed E-state index contributed by atoms with van der Waals surface area (Å²) in [5, 5.41) is 0. The van der Waals surface area contributed by atoms with Gasteiger partial charge in [0.15, 0.2) is 0 Å². The van der Waals surface area contributed by atoms with Crippen molar-refractivity contribution >= 4 is 23.9 Å². The zero-order chi connectivity index (χ0) is 32.6. The van der Waals surface area contributed by atoms with Crippen LogP contribution < -0.4 is 14.2 Å². The summed E-state index contributed by atoms with van der Waals surface area (Å²) in [7, 11) is 1.24. The average molecular weight is 617 g/mol. The van der Waals surface area contributed by atoms with Gasteiger partial charge in [-0.05, 0) is 79.4 Å². The lowest BCUT2D eigenvalue weighted by Gasteiger charge is -2.09. The van der Waals surface area contributed by atoms with Crippen molar-refractivity contribution in [2.24, 2.45) is 0 Å². The molecule has 0 aliphatic heterocycles. The molecule has 0 aliphatic rings. The van der Waals surface area contributed by atoms with Gasteiger partial charge in [-0.2, -0.15) is 0 Å². The van der Waals surface area contributed by atoms with Crippen molar-refractivity contribution < 1.29 is 47.6 Å². The standard InChI is InChI=1S/C35H36O10/c1-24(2)33(37)44-22-21-42-29-13-11-27(12-14-29)26-7-9-28(10-8-26)35(39)45-31-17-15-30(16-18-31)41-19-5-6-20-43-34(38)25(3)23-32(36)40-4/h7-18H,1,3,5-6,19-23H2,2,4H3. The highest BCUT2D eigenvalue weighted by atomic mass is 16.6. The summed E-state index contributed by atoms with van der Waals surface area (Å²) in [6.45, 7) is 9.57. The van der Waals surface area contributed by atoms with Gasteiger partial charge >= 0.3 is 23.9 Å². The number of methoxy groups -OCH3 is 1. The number of carbonyl (C=O) groups is 4. The van der Waals surface area contributed by atoms with Crippen molar-refractivity contribution in [3.05, 3.63) is 103 Å². The predicted octanol–water partition coefficient (Wildman–Crippen LogP) is 5.89. The van der Waals surface area contributed by atoms with Gasteiger partial charge in [-0.15, -0.1) is 0 Å². The molecule has 0 heterocycles. The van der Waals surface area contributed by atoms with E-state index in [0.29, 0.717) is 47.8 Å². The van der Waals surface area contributed by atoms with E-state index < -0.39 is 23.9 Å². The van der Waals surface area contributed by atoms with Gasteiger partial charge in [0.1, 0.15) is 30.5 Å². The van der Waals surface area contributed by atoms with Gasteiger partial charge in [0.25, 0.3) is 0 Å². The number of esters is 4. The molecule has 0 bridgehead atoms. The number of hydrogen-bond acceptors (Lipinski definition) is 10. The number of rotatable bonds is 17. The van der Waals surface area contributed by atoms with Crippen molar-refractivity contribution in [2.75, 3.05) is 33.5 Å². The maximum Gasteiger partial charge on any atom is 0.343 e. The summed E-state index contributed by atoms with van der Waals surface area (Å²) in [4.78, 5) is 47.0. The van der Waals surface area contributed by atoms with Crippen LogP contribution in [-0.4, -0.2) is 57.4 Å². The van der Waals surface area contributed by atoms with Crippen LogP contribution in [0.5, 0.6) is 17.2 Å². The van der Waals surface area contributed by atoms with Crippen molar-refractivity contribution in [1.82, 2.24) is 0 Å². The molecule has 236 valence electrons. The molecular formula is C35H36O10. The molecule has 0 aliphatic carbocycles. The molecule has 0 spiro atoms. The number of benzene rings is 3. The Kier molecular flexibility index (Phi) is 13.4. The highest BCUT2D eigenvalue weighted by Gasteiger charge is 2.13. The van der Waals surface area contributed by atoms with Crippen LogP contribution in [0.3, 0.4) is 0 Å². The fourth-order valence-corrected chi connectivity index (χ4v) is 3.71. The second-order valence-electron chi connectivity index (χ2n) is 9.78. The first-order chi connectivity index (χ1) is 21.7. The van der Waals surface area contributed by atoms with Crippen molar-refractivity contribution in [3.63, 3.8) is 0 Å². The van der Waals surface area contributed by atoms with Gasteiger partial charge in [0.05, 0.1) is 32.3 Å². The molecule has 0 atom stereocenters. The van der Waals surface area contributed by atoms with E-state index in [-0.39, 0.29) is 31.8 Å².